The molecule has 0 amide bonds. The Kier molecular flexibility index (Phi) is 4.88. The van der Waals surface area contributed by atoms with Crippen molar-refractivity contribution in [2.24, 2.45) is 5.92 Å². The molecule has 1 aromatic carbocycles. The van der Waals surface area contributed by atoms with Gasteiger partial charge in [-0.3, -0.25) is 4.79 Å². The number of Topliss-reactive ketones (excluding diaryl/α,β-unsaturated/α-hetero) is 1. The Balaban J connectivity index is 2.81. The summed E-state index contributed by atoms with van der Waals surface area (Å²) in [5.74, 6) is -0.221. The average molecular weight is 234 g/mol. The Labute approximate surface area is 102 Å². The minimum atomic E-state index is -0.352. The maximum absolute atomic E-state index is 11.9. The fraction of sp³-hybridized carbons (Fsp3) is 0.429. The Morgan fingerprint density at radius 1 is 1.12 bits per heavy atom. The first-order valence-electron chi connectivity index (χ1n) is 5.91. The molecule has 0 aliphatic rings. The van der Waals surface area contributed by atoms with Crippen LogP contribution in [0.4, 0.5) is 0 Å². The molecule has 0 radical (unpaired) electrons. The summed E-state index contributed by atoms with van der Waals surface area (Å²) in [6.07, 6.45) is 0.818. The number of esters is 1. The predicted octanol–water partition coefficient (Wildman–Crippen LogP) is 3.09. The molecule has 1 aromatic rings. The van der Waals surface area contributed by atoms with Gasteiger partial charge in [-0.1, -0.05) is 26.0 Å². The number of benzene rings is 1. The van der Waals surface area contributed by atoms with Crippen LogP contribution >= 0.6 is 0 Å². The van der Waals surface area contributed by atoms with Crippen LogP contribution in [0.1, 0.15) is 47.9 Å². The van der Waals surface area contributed by atoms with Crippen LogP contribution in [0.15, 0.2) is 24.3 Å². The molecule has 0 fully saturated rings. The number of hydrogen-bond donors (Lipinski definition) is 0. The van der Waals surface area contributed by atoms with Crippen molar-refractivity contribution in [1.29, 1.82) is 0 Å². The first-order valence-corrected chi connectivity index (χ1v) is 5.91. The topological polar surface area (TPSA) is 43.4 Å². The molecule has 0 spiro atoms. The normalized spacial score (nSPS) is 11.9. The van der Waals surface area contributed by atoms with Crippen LogP contribution in [-0.4, -0.2) is 18.4 Å². The van der Waals surface area contributed by atoms with Gasteiger partial charge in [-0.25, -0.2) is 4.79 Å². The van der Waals surface area contributed by atoms with Crippen molar-refractivity contribution < 1.29 is 14.3 Å². The Morgan fingerprint density at radius 2 is 1.65 bits per heavy atom. The molecule has 0 aliphatic heterocycles. The van der Waals surface area contributed by atoms with Gasteiger partial charge in [0.1, 0.15) is 0 Å². The van der Waals surface area contributed by atoms with Crippen LogP contribution in [0, 0.1) is 5.92 Å². The molecule has 3 nitrogen and oxygen atoms in total. The van der Waals surface area contributed by atoms with Crippen LogP contribution in [-0.2, 0) is 4.74 Å². The largest absolute Gasteiger partial charge is 0.462 e. The summed E-state index contributed by atoms with van der Waals surface area (Å²) >= 11 is 0. The van der Waals surface area contributed by atoms with E-state index < -0.39 is 0 Å². The molecule has 1 atom stereocenters. The van der Waals surface area contributed by atoms with E-state index in [1.54, 1.807) is 31.2 Å². The van der Waals surface area contributed by atoms with Crippen molar-refractivity contribution in [1.82, 2.24) is 0 Å². The lowest BCUT2D eigenvalue weighted by atomic mass is 9.96. The summed E-state index contributed by atoms with van der Waals surface area (Å²) in [5.41, 5.74) is 1.12. The molecular weight excluding hydrogens is 216 g/mol. The van der Waals surface area contributed by atoms with E-state index in [2.05, 4.69) is 0 Å². The van der Waals surface area contributed by atoms with E-state index in [1.807, 2.05) is 13.8 Å². The van der Waals surface area contributed by atoms with Gasteiger partial charge in [0.2, 0.25) is 0 Å². The molecule has 92 valence electrons. The van der Waals surface area contributed by atoms with Crippen LogP contribution in [0.2, 0.25) is 0 Å². The second-order valence-corrected chi connectivity index (χ2v) is 3.97. The minimum absolute atomic E-state index is 0.0171. The molecule has 3 heteroatoms. The molecule has 0 saturated heterocycles. The maximum atomic E-state index is 11.9. The van der Waals surface area contributed by atoms with E-state index in [9.17, 15) is 9.59 Å². The van der Waals surface area contributed by atoms with E-state index in [1.165, 1.54) is 0 Å². The van der Waals surface area contributed by atoms with Crippen molar-refractivity contribution in [2.75, 3.05) is 6.61 Å². The van der Waals surface area contributed by atoms with Gasteiger partial charge in [-0.05, 0) is 25.5 Å². The molecule has 1 rings (SSSR count). The molecular formula is C14H18O3. The molecule has 0 heterocycles. The third-order valence-electron chi connectivity index (χ3n) is 2.74. The zero-order chi connectivity index (χ0) is 12.8. The number of ketones is 1. The molecule has 1 unspecified atom stereocenters. The Hall–Kier alpha value is -1.64. The lowest BCUT2D eigenvalue weighted by Crippen LogP contribution is -2.11. The lowest BCUT2D eigenvalue weighted by Gasteiger charge is -2.07. The van der Waals surface area contributed by atoms with E-state index in [-0.39, 0.29) is 17.7 Å². The zero-order valence-electron chi connectivity index (χ0n) is 10.5. The maximum Gasteiger partial charge on any atom is 0.338 e. The lowest BCUT2D eigenvalue weighted by molar-refractivity contribution is 0.0526. The standard InChI is InChI=1S/C14H18O3/c1-4-10(3)13(15)11-6-8-12(9-7-11)14(16)17-5-2/h6-10H,4-5H2,1-3H3. The summed E-state index contributed by atoms with van der Waals surface area (Å²) in [6.45, 7) is 6.00. The monoisotopic (exact) mass is 234 g/mol. The SMILES string of the molecule is CCOC(=O)c1ccc(C(=O)C(C)CC)cc1. The van der Waals surface area contributed by atoms with Crippen molar-refractivity contribution in [3.8, 4) is 0 Å². The molecule has 0 bridgehead atoms. The third kappa shape index (κ3) is 3.41. The molecule has 0 saturated carbocycles. The summed E-state index contributed by atoms with van der Waals surface area (Å²) < 4.78 is 4.87. The van der Waals surface area contributed by atoms with Gasteiger partial charge in [-0.2, -0.15) is 0 Å². The summed E-state index contributed by atoms with van der Waals surface area (Å²) in [6, 6.07) is 6.63. The van der Waals surface area contributed by atoms with E-state index in [4.69, 9.17) is 4.74 Å². The van der Waals surface area contributed by atoms with Gasteiger partial charge in [0.25, 0.3) is 0 Å². The second kappa shape index (κ2) is 6.18. The van der Waals surface area contributed by atoms with Crippen LogP contribution < -0.4 is 0 Å². The van der Waals surface area contributed by atoms with Gasteiger partial charge < -0.3 is 4.74 Å². The highest BCUT2D eigenvalue weighted by molar-refractivity contribution is 5.98. The number of ether oxygens (including phenoxy) is 1. The van der Waals surface area contributed by atoms with Crippen LogP contribution in [0.3, 0.4) is 0 Å². The molecule has 17 heavy (non-hydrogen) atoms. The first-order chi connectivity index (χ1) is 8.10. The summed E-state index contributed by atoms with van der Waals surface area (Å²) in [7, 11) is 0. The van der Waals surface area contributed by atoms with E-state index in [0.717, 1.165) is 6.42 Å². The zero-order valence-corrected chi connectivity index (χ0v) is 10.5. The Morgan fingerprint density at radius 3 is 2.12 bits per heavy atom. The highest BCUT2D eigenvalue weighted by Crippen LogP contribution is 2.13. The van der Waals surface area contributed by atoms with Crippen molar-refractivity contribution in [2.45, 2.75) is 27.2 Å². The second-order valence-electron chi connectivity index (χ2n) is 3.97. The first kappa shape index (κ1) is 13.4. The number of carbonyl (C=O) groups excluding carboxylic acids is 2. The number of rotatable bonds is 5. The summed E-state index contributed by atoms with van der Waals surface area (Å²) in [4.78, 5) is 23.3. The van der Waals surface area contributed by atoms with Crippen molar-refractivity contribution in [3.63, 3.8) is 0 Å². The van der Waals surface area contributed by atoms with Crippen LogP contribution in [0.25, 0.3) is 0 Å². The van der Waals surface area contributed by atoms with E-state index >= 15 is 0 Å². The molecule has 0 N–H and O–H groups in total. The van der Waals surface area contributed by atoms with Crippen molar-refractivity contribution in [3.05, 3.63) is 35.4 Å². The highest BCUT2D eigenvalue weighted by Gasteiger charge is 2.14. The quantitative estimate of drug-likeness (QED) is 0.581. The van der Waals surface area contributed by atoms with Gasteiger partial charge >= 0.3 is 5.97 Å². The highest BCUT2D eigenvalue weighted by atomic mass is 16.5. The number of carbonyl (C=O) groups is 2. The van der Waals surface area contributed by atoms with Gasteiger partial charge in [0, 0.05) is 11.5 Å². The molecule has 0 aromatic heterocycles. The molecule has 0 aliphatic carbocycles. The predicted molar refractivity (Wildman–Crippen MR) is 66.2 cm³/mol. The fourth-order valence-corrected chi connectivity index (χ4v) is 1.45. The average Bonchev–Trinajstić information content (AvgIpc) is 2.37. The van der Waals surface area contributed by atoms with Crippen molar-refractivity contribution >= 4 is 11.8 Å². The summed E-state index contributed by atoms with van der Waals surface area (Å²) in [5, 5.41) is 0. The van der Waals surface area contributed by atoms with Crippen LogP contribution in [0.5, 0.6) is 0 Å². The van der Waals surface area contributed by atoms with E-state index in [0.29, 0.717) is 17.7 Å². The number of hydrogen-bond acceptors (Lipinski definition) is 3. The van der Waals surface area contributed by atoms with Gasteiger partial charge in [0.05, 0.1) is 12.2 Å². The fourth-order valence-electron chi connectivity index (χ4n) is 1.45. The Bertz CT molecular complexity index is 392. The third-order valence-corrected chi connectivity index (χ3v) is 2.74. The smallest absolute Gasteiger partial charge is 0.338 e. The minimum Gasteiger partial charge on any atom is -0.462 e. The van der Waals surface area contributed by atoms with Gasteiger partial charge in [-0.15, -0.1) is 0 Å². The van der Waals surface area contributed by atoms with Gasteiger partial charge in [0.15, 0.2) is 5.78 Å².